The zero-order valence-electron chi connectivity index (χ0n) is 11.7. The third-order valence-electron chi connectivity index (χ3n) is 3.91. The number of ether oxygens (including phenoxy) is 1. The molecule has 4 unspecified atom stereocenters. The van der Waals surface area contributed by atoms with Gasteiger partial charge in [-0.3, -0.25) is 13.8 Å². The summed E-state index contributed by atoms with van der Waals surface area (Å²) >= 11 is 0. The second kappa shape index (κ2) is 5.06. The van der Waals surface area contributed by atoms with Crippen molar-refractivity contribution in [2.75, 3.05) is 6.61 Å². The fourth-order valence-electron chi connectivity index (χ4n) is 2.74. The van der Waals surface area contributed by atoms with Gasteiger partial charge in [0, 0.05) is 12.3 Å². The van der Waals surface area contributed by atoms with Crippen molar-refractivity contribution in [3.8, 4) is 0 Å². The van der Waals surface area contributed by atoms with Crippen LogP contribution in [0.3, 0.4) is 0 Å². The van der Waals surface area contributed by atoms with E-state index in [1.807, 2.05) is 0 Å². The Morgan fingerprint density at radius 1 is 1.17 bits per heavy atom. The van der Waals surface area contributed by atoms with Crippen LogP contribution in [0.15, 0.2) is 29.7 Å². The molecule has 23 heavy (non-hydrogen) atoms. The van der Waals surface area contributed by atoms with Crippen molar-refractivity contribution >= 4 is 16.8 Å². The van der Waals surface area contributed by atoms with Crippen molar-refractivity contribution in [1.82, 2.24) is 23.9 Å². The summed E-state index contributed by atoms with van der Waals surface area (Å²) in [4.78, 5) is 23.8. The minimum Gasteiger partial charge on any atom is -0.394 e. The van der Waals surface area contributed by atoms with E-state index in [0.29, 0.717) is 16.8 Å². The molecule has 1 aliphatic heterocycles. The van der Waals surface area contributed by atoms with Crippen LogP contribution in [0.4, 0.5) is 0 Å². The molecule has 10 nitrogen and oxygen atoms in total. The van der Waals surface area contributed by atoms with Gasteiger partial charge in [-0.2, -0.15) is 4.98 Å². The van der Waals surface area contributed by atoms with Crippen molar-refractivity contribution in [3.05, 3.63) is 35.3 Å². The van der Waals surface area contributed by atoms with Gasteiger partial charge in [-0.1, -0.05) is 0 Å². The first kappa shape index (κ1) is 14.2. The molecule has 3 N–H and O–H groups in total. The molecule has 1 saturated heterocycles. The van der Waals surface area contributed by atoms with Gasteiger partial charge in [-0.25, -0.2) is 9.97 Å². The molecule has 0 aliphatic carbocycles. The Balaban J connectivity index is 1.88. The molecule has 3 aromatic rings. The van der Waals surface area contributed by atoms with E-state index in [9.17, 15) is 15.0 Å². The van der Waals surface area contributed by atoms with Gasteiger partial charge in [-0.05, 0) is 0 Å². The quantitative estimate of drug-likeness (QED) is 0.496. The standard InChI is InChI=1S/C13H13N5O5/c19-3-6-9(21)10(22)13(23-6)18-5-14-8-11(18)15-4-17-2-1-7(20)16-12(8)17/h1-2,4-6,9-10,13,19,21-22H,3H2. The number of aliphatic hydroxyl groups is 3. The summed E-state index contributed by atoms with van der Waals surface area (Å²) < 4.78 is 8.46. The van der Waals surface area contributed by atoms with E-state index in [2.05, 4.69) is 15.0 Å². The van der Waals surface area contributed by atoms with Crippen LogP contribution in [0.1, 0.15) is 6.23 Å². The van der Waals surface area contributed by atoms with Gasteiger partial charge < -0.3 is 20.1 Å². The fraction of sp³-hybridized carbons (Fsp3) is 0.385. The van der Waals surface area contributed by atoms with Crippen LogP contribution >= 0.6 is 0 Å². The van der Waals surface area contributed by atoms with Crippen molar-refractivity contribution in [1.29, 1.82) is 0 Å². The van der Waals surface area contributed by atoms with Crippen molar-refractivity contribution in [3.63, 3.8) is 0 Å². The molecule has 1 aliphatic rings. The molecule has 0 bridgehead atoms. The third kappa shape index (κ3) is 2.04. The SMILES string of the molecule is O=c1ccn2cnc3c(ncn3C3OC(CO)C(O)C3O)c2n1. The summed E-state index contributed by atoms with van der Waals surface area (Å²) in [5.41, 5.74) is 0.633. The zero-order chi connectivity index (χ0) is 16.1. The summed E-state index contributed by atoms with van der Waals surface area (Å²) in [6.45, 7) is -0.422. The minimum absolute atomic E-state index is 0.327. The van der Waals surface area contributed by atoms with Crippen molar-refractivity contribution in [2.45, 2.75) is 24.5 Å². The molecule has 1 fully saturated rings. The Morgan fingerprint density at radius 2 is 2.00 bits per heavy atom. The van der Waals surface area contributed by atoms with Gasteiger partial charge in [-0.15, -0.1) is 0 Å². The highest BCUT2D eigenvalue weighted by atomic mass is 16.6. The molecular formula is C13H13N5O5. The van der Waals surface area contributed by atoms with Crippen LogP contribution in [0.2, 0.25) is 0 Å². The molecular weight excluding hydrogens is 306 g/mol. The molecule has 0 amide bonds. The lowest BCUT2D eigenvalue weighted by Gasteiger charge is -2.16. The van der Waals surface area contributed by atoms with Gasteiger partial charge in [0.1, 0.15) is 24.6 Å². The number of imidazole rings is 1. The summed E-state index contributed by atoms with van der Waals surface area (Å²) in [7, 11) is 0. The second-order valence-electron chi connectivity index (χ2n) is 5.29. The molecule has 4 atom stereocenters. The van der Waals surface area contributed by atoms with Gasteiger partial charge in [0.05, 0.1) is 12.9 Å². The van der Waals surface area contributed by atoms with E-state index < -0.39 is 36.7 Å². The summed E-state index contributed by atoms with van der Waals surface area (Å²) in [5, 5.41) is 29.1. The third-order valence-corrected chi connectivity index (χ3v) is 3.91. The molecule has 4 heterocycles. The molecule has 0 spiro atoms. The number of fused-ring (bicyclic) bond motifs is 3. The van der Waals surface area contributed by atoms with E-state index in [4.69, 9.17) is 9.84 Å². The van der Waals surface area contributed by atoms with Crippen LogP contribution in [0.25, 0.3) is 16.8 Å². The lowest BCUT2D eigenvalue weighted by Crippen LogP contribution is -2.33. The first-order valence-corrected chi connectivity index (χ1v) is 6.93. The average Bonchev–Trinajstić information content (AvgIpc) is 3.10. The maximum Gasteiger partial charge on any atom is 0.273 e. The van der Waals surface area contributed by atoms with Gasteiger partial charge in [0.2, 0.25) is 0 Å². The van der Waals surface area contributed by atoms with Crippen LogP contribution in [0.5, 0.6) is 0 Å². The summed E-state index contributed by atoms with van der Waals surface area (Å²) in [6.07, 6.45) is 0.0759. The number of hydrogen-bond acceptors (Lipinski definition) is 8. The van der Waals surface area contributed by atoms with Crippen LogP contribution in [0, 0.1) is 0 Å². The first-order chi connectivity index (χ1) is 11.1. The smallest absolute Gasteiger partial charge is 0.273 e. The Hall–Kier alpha value is -2.40. The normalized spacial score (nSPS) is 28.0. The first-order valence-electron chi connectivity index (χ1n) is 6.93. The molecule has 3 aromatic heterocycles. The largest absolute Gasteiger partial charge is 0.394 e. The van der Waals surface area contributed by atoms with Crippen LogP contribution in [-0.2, 0) is 4.74 Å². The lowest BCUT2D eigenvalue weighted by atomic mass is 10.1. The highest BCUT2D eigenvalue weighted by Crippen LogP contribution is 2.31. The highest BCUT2D eigenvalue weighted by Gasteiger charge is 2.43. The maximum absolute atomic E-state index is 11.5. The predicted octanol–water partition coefficient (Wildman–Crippen LogP) is -1.95. The zero-order valence-corrected chi connectivity index (χ0v) is 11.7. The monoisotopic (exact) mass is 319 g/mol. The van der Waals surface area contributed by atoms with Crippen molar-refractivity contribution < 1.29 is 20.1 Å². The van der Waals surface area contributed by atoms with Crippen molar-refractivity contribution in [2.24, 2.45) is 0 Å². The molecule has 0 aromatic carbocycles. The predicted molar refractivity (Wildman–Crippen MR) is 75.6 cm³/mol. The van der Waals surface area contributed by atoms with Gasteiger partial charge in [0.25, 0.3) is 5.56 Å². The summed E-state index contributed by atoms with van der Waals surface area (Å²) in [5.74, 6) is 0. The van der Waals surface area contributed by atoms with E-state index in [1.54, 1.807) is 4.40 Å². The molecule has 4 rings (SSSR count). The molecule has 10 heteroatoms. The van der Waals surface area contributed by atoms with E-state index in [0.717, 1.165) is 0 Å². The maximum atomic E-state index is 11.5. The Morgan fingerprint density at radius 3 is 2.74 bits per heavy atom. The molecule has 0 radical (unpaired) electrons. The number of hydrogen-bond donors (Lipinski definition) is 3. The topological polar surface area (TPSA) is 135 Å². The Labute approximate surface area is 128 Å². The highest BCUT2D eigenvalue weighted by molar-refractivity contribution is 5.84. The fourth-order valence-corrected chi connectivity index (χ4v) is 2.74. The minimum atomic E-state index is -1.24. The van der Waals surface area contributed by atoms with E-state index in [-0.39, 0.29) is 0 Å². The Bertz CT molecular complexity index is 937. The number of aromatic nitrogens is 5. The van der Waals surface area contributed by atoms with Crippen LogP contribution < -0.4 is 5.56 Å². The molecule has 120 valence electrons. The number of rotatable bonds is 2. The lowest BCUT2D eigenvalue weighted by molar-refractivity contribution is -0.0511. The Kier molecular flexibility index (Phi) is 3.13. The number of aliphatic hydroxyl groups excluding tert-OH is 3. The van der Waals surface area contributed by atoms with Crippen LogP contribution in [-0.4, -0.2) is 64.2 Å². The molecule has 0 saturated carbocycles. The average molecular weight is 319 g/mol. The van der Waals surface area contributed by atoms with Gasteiger partial charge >= 0.3 is 0 Å². The van der Waals surface area contributed by atoms with Gasteiger partial charge in [0.15, 0.2) is 23.0 Å². The number of nitrogens with zero attached hydrogens (tertiary/aromatic N) is 5. The van der Waals surface area contributed by atoms with E-state index >= 15 is 0 Å². The summed E-state index contributed by atoms with van der Waals surface area (Å²) in [6, 6.07) is 1.31. The van der Waals surface area contributed by atoms with E-state index in [1.165, 1.54) is 29.5 Å². The second-order valence-corrected chi connectivity index (χ2v) is 5.29.